The number of primary amides is 1. The van der Waals surface area contributed by atoms with Crippen LogP contribution in [0.25, 0.3) is 0 Å². The standard InChI is InChI=1S/C18H15F5N2O4S/c19-13-14(20)16(22)18(17(23)15(13)21)30(27,28)25(7-5-12(24)26)10-6-8-29-11-4-2-1-3-9(10)11/h1-4,10H,5-8H2,(H2,24,26). The zero-order valence-corrected chi connectivity index (χ0v) is 16.0. The largest absolute Gasteiger partial charge is 0.493 e. The minimum atomic E-state index is -5.29. The molecule has 0 saturated carbocycles. The van der Waals surface area contributed by atoms with Crippen molar-refractivity contribution >= 4 is 15.9 Å². The van der Waals surface area contributed by atoms with E-state index in [2.05, 4.69) is 0 Å². The van der Waals surface area contributed by atoms with Gasteiger partial charge in [0.2, 0.25) is 21.7 Å². The lowest BCUT2D eigenvalue weighted by atomic mass is 10.0. The molecule has 2 aromatic rings. The number of ether oxygens (including phenoxy) is 1. The molecular weight excluding hydrogens is 435 g/mol. The fraction of sp³-hybridized carbons (Fsp3) is 0.278. The predicted molar refractivity (Wildman–Crippen MR) is 93.2 cm³/mol. The molecule has 0 aromatic heterocycles. The molecule has 1 aliphatic rings. The van der Waals surface area contributed by atoms with Gasteiger partial charge >= 0.3 is 0 Å². The van der Waals surface area contributed by atoms with Crippen molar-refractivity contribution < 1.29 is 39.9 Å². The van der Waals surface area contributed by atoms with Gasteiger partial charge in [0.25, 0.3) is 0 Å². The molecule has 0 spiro atoms. The number of hydrogen-bond acceptors (Lipinski definition) is 4. The van der Waals surface area contributed by atoms with Crippen molar-refractivity contribution in [3.8, 4) is 5.75 Å². The molecule has 0 radical (unpaired) electrons. The molecule has 0 fully saturated rings. The van der Waals surface area contributed by atoms with Gasteiger partial charge in [-0.25, -0.2) is 30.4 Å². The highest BCUT2D eigenvalue weighted by molar-refractivity contribution is 7.89. The summed E-state index contributed by atoms with van der Waals surface area (Å²) in [6.07, 6.45) is -0.543. The summed E-state index contributed by atoms with van der Waals surface area (Å²) in [6.45, 7) is -0.627. The van der Waals surface area contributed by atoms with E-state index in [1.54, 1.807) is 12.1 Å². The Morgan fingerprint density at radius 1 is 1.03 bits per heavy atom. The van der Waals surface area contributed by atoms with Crippen LogP contribution in [0.3, 0.4) is 0 Å². The van der Waals surface area contributed by atoms with Crippen molar-refractivity contribution in [3.63, 3.8) is 0 Å². The van der Waals surface area contributed by atoms with Crippen molar-refractivity contribution in [2.24, 2.45) is 5.73 Å². The number of fused-ring (bicyclic) bond motifs is 1. The molecule has 30 heavy (non-hydrogen) atoms. The number of hydrogen-bond donors (Lipinski definition) is 1. The second-order valence-corrected chi connectivity index (χ2v) is 8.25. The van der Waals surface area contributed by atoms with Crippen molar-refractivity contribution in [3.05, 3.63) is 58.9 Å². The first-order valence-corrected chi connectivity index (χ1v) is 10.0. The summed E-state index contributed by atoms with van der Waals surface area (Å²) in [5, 5.41) is 0. The van der Waals surface area contributed by atoms with Gasteiger partial charge in [-0.2, -0.15) is 4.31 Å². The molecule has 0 saturated heterocycles. The number of carbonyl (C=O) groups excluding carboxylic acids is 1. The van der Waals surface area contributed by atoms with E-state index in [1.165, 1.54) is 12.1 Å². The first-order valence-electron chi connectivity index (χ1n) is 8.60. The molecule has 1 aliphatic heterocycles. The molecule has 3 rings (SSSR count). The molecule has 1 heterocycles. The lowest BCUT2D eigenvalue weighted by Crippen LogP contribution is -2.40. The van der Waals surface area contributed by atoms with Crippen molar-refractivity contribution in [1.29, 1.82) is 0 Å². The van der Waals surface area contributed by atoms with Crippen molar-refractivity contribution in [2.75, 3.05) is 13.2 Å². The molecule has 6 nitrogen and oxygen atoms in total. The van der Waals surface area contributed by atoms with E-state index < -0.39 is 68.9 Å². The fourth-order valence-electron chi connectivity index (χ4n) is 3.21. The van der Waals surface area contributed by atoms with E-state index in [0.717, 1.165) is 0 Å². The number of para-hydroxylation sites is 1. The monoisotopic (exact) mass is 450 g/mol. The van der Waals surface area contributed by atoms with Crippen LogP contribution in [0.2, 0.25) is 0 Å². The van der Waals surface area contributed by atoms with Gasteiger partial charge in [0.15, 0.2) is 28.2 Å². The Hall–Kier alpha value is -2.73. The normalized spacial score (nSPS) is 16.3. The van der Waals surface area contributed by atoms with Crippen LogP contribution in [0, 0.1) is 29.1 Å². The predicted octanol–water partition coefficient (Wildman–Crippen LogP) is 2.77. The second-order valence-electron chi connectivity index (χ2n) is 6.42. The van der Waals surface area contributed by atoms with Gasteiger partial charge in [-0.1, -0.05) is 18.2 Å². The molecular formula is C18H15F5N2O4S. The summed E-state index contributed by atoms with van der Waals surface area (Å²) in [7, 11) is -5.29. The number of rotatable bonds is 6. The maximum Gasteiger partial charge on any atom is 0.249 e. The molecule has 2 N–H and O–H groups in total. The molecule has 1 amide bonds. The van der Waals surface area contributed by atoms with E-state index in [4.69, 9.17) is 10.5 Å². The van der Waals surface area contributed by atoms with Crippen LogP contribution in [-0.2, 0) is 14.8 Å². The van der Waals surface area contributed by atoms with Crippen molar-refractivity contribution in [1.82, 2.24) is 4.31 Å². The van der Waals surface area contributed by atoms with Gasteiger partial charge in [0, 0.05) is 24.9 Å². The van der Waals surface area contributed by atoms with Crippen LogP contribution in [0.1, 0.15) is 24.4 Å². The summed E-state index contributed by atoms with van der Waals surface area (Å²) < 4.78 is 101. The van der Waals surface area contributed by atoms with E-state index in [-0.39, 0.29) is 18.8 Å². The number of nitrogens with zero attached hydrogens (tertiary/aromatic N) is 1. The summed E-state index contributed by atoms with van der Waals surface area (Å²) in [6, 6.07) is 5.09. The Morgan fingerprint density at radius 2 is 1.60 bits per heavy atom. The van der Waals surface area contributed by atoms with E-state index in [0.29, 0.717) is 9.87 Å². The average Bonchev–Trinajstić information content (AvgIpc) is 2.70. The fourth-order valence-corrected chi connectivity index (χ4v) is 4.97. The summed E-state index contributed by atoms with van der Waals surface area (Å²) in [4.78, 5) is 9.25. The van der Waals surface area contributed by atoms with Crippen LogP contribution in [-0.4, -0.2) is 31.8 Å². The Balaban J connectivity index is 2.20. The maximum atomic E-state index is 14.3. The van der Waals surface area contributed by atoms with Gasteiger partial charge in [-0.05, 0) is 6.07 Å². The Kier molecular flexibility index (Phi) is 5.99. The molecule has 1 atom stereocenters. The number of sulfonamides is 1. The highest BCUT2D eigenvalue weighted by Gasteiger charge is 2.41. The topological polar surface area (TPSA) is 89.7 Å². The van der Waals surface area contributed by atoms with Gasteiger partial charge < -0.3 is 10.5 Å². The molecule has 162 valence electrons. The number of halogens is 5. The highest BCUT2D eigenvalue weighted by Crippen LogP contribution is 2.40. The van der Waals surface area contributed by atoms with E-state index in [1.807, 2.05) is 0 Å². The van der Waals surface area contributed by atoms with Gasteiger partial charge in [-0.15, -0.1) is 0 Å². The first-order chi connectivity index (χ1) is 14.1. The van der Waals surface area contributed by atoms with Crippen LogP contribution in [0.4, 0.5) is 22.0 Å². The molecule has 0 aliphatic carbocycles. The van der Waals surface area contributed by atoms with E-state index >= 15 is 0 Å². The van der Waals surface area contributed by atoms with E-state index in [9.17, 15) is 35.2 Å². The van der Waals surface area contributed by atoms with Gasteiger partial charge in [0.1, 0.15) is 5.75 Å². The molecule has 0 bridgehead atoms. The average molecular weight is 450 g/mol. The third kappa shape index (κ3) is 3.72. The summed E-state index contributed by atoms with van der Waals surface area (Å²) >= 11 is 0. The highest BCUT2D eigenvalue weighted by atomic mass is 32.2. The lowest BCUT2D eigenvalue weighted by Gasteiger charge is -2.34. The minimum Gasteiger partial charge on any atom is -0.493 e. The summed E-state index contributed by atoms with van der Waals surface area (Å²) in [5.41, 5.74) is 5.38. The zero-order valence-electron chi connectivity index (χ0n) is 15.2. The maximum absolute atomic E-state index is 14.3. The van der Waals surface area contributed by atoms with Crippen LogP contribution in [0.15, 0.2) is 29.2 Å². The third-order valence-corrected chi connectivity index (χ3v) is 6.52. The van der Waals surface area contributed by atoms with Crippen molar-refractivity contribution in [2.45, 2.75) is 23.8 Å². The Bertz CT molecular complexity index is 1080. The number of benzene rings is 2. The number of amides is 1. The van der Waals surface area contributed by atoms with Crippen LogP contribution >= 0.6 is 0 Å². The summed E-state index contributed by atoms with van der Waals surface area (Å²) in [5.74, 6) is -12.9. The van der Waals surface area contributed by atoms with Crippen LogP contribution < -0.4 is 10.5 Å². The first kappa shape index (κ1) is 22.0. The quantitative estimate of drug-likeness (QED) is 0.416. The SMILES string of the molecule is NC(=O)CCN(C1CCOc2ccccc21)S(=O)(=O)c1c(F)c(F)c(F)c(F)c1F. The number of carbonyl (C=O) groups is 1. The smallest absolute Gasteiger partial charge is 0.249 e. The minimum absolute atomic E-state index is 0.00437. The lowest BCUT2D eigenvalue weighted by molar-refractivity contribution is -0.118. The van der Waals surface area contributed by atoms with Crippen LogP contribution in [0.5, 0.6) is 5.75 Å². The molecule has 2 aromatic carbocycles. The zero-order chi connectivity index (χ0) is 22.2. The van der Waals surface area contributed by atoms with Gasteiger partial charge in [-0.3, -0.25) is 4.79 Å². The Morgan fingerprint density at radius 3 is 2.20 bits per heavy atom. The van der Waals surface area contributed by atoms with Gasteiger partial charge in [0.05, 0.1) is 12.6 Å². The molecule has 12 heteroatoms. The Labute approximate surface area is 168 Å². The second kappa shape index (κ2) is 8.19. The third-order valence-electron chi connectivity index (χ3n) is 4.59. The number of nitrogens with two attached hydrogens (primary N) is 1. The molecule has 1 unspecified atom stereocenters.